The van der Waals surface area contributed by atoms with Gasteiger partial charge >= 0.3 is 12.1 Å². The summed E-state index contributed by atoms with van der Waals surface area (Å²) in [5.74, 6) is -1.78. The summed E-state index contributed by atoms with van der Waals surface area (Å²) < 4.78 is 38.1. The summed E-state index contributed by atoms with van der Waals surface area (Å²) in [7, 11) is 0. The van der Waals surface area contributed by atoms with Crippen LogP contribution in [0.4, 0.5) is 13.2 Å². The van der Waals surface area contributed by atoms with Crippen LogP contribution in [0.25, 0.3) is 12.2 Å². The molecule has 1 aliphatic rings. The number of carbonyl (C=O) groups excluding carboxylic acids is 1. The molecular formula is C18H15ClF3NOS. The molecule has 1 aliphatic heterocycles. The number of hydrogen-bond acceptors (Lipinski definition) is 2. The third-order valence-electron chi connectivity index (χ3n) is 4.17. The van der Waals surface area contributed by atoms with Gasteiger partial charge in [-0.15, -0.1) is 11.3 Å². The highest BCUT2D eigenvalue weighted by atomic mass is 35.5. The number of hydrogen-bond donors (Lipinski definition) is 0. The summed E-state index contributed by atoms with van der Waals surface area (Å²) in [4.78, 5) is 13.5. The molecule has 2 nitrogen and oxygen atoms in total. The second-order valence-corrected chi connectivity index (χ2v) is 7.12. The van der Waals surface area contributed by atoms with Gasteiger partial charge in [-0.3, -0.25) is 4.79 Å². The summed E-state index contributed by atoms with van der Waals surface area (Å²) in [5, 5.41) is 2.52. The summed E-state index contributed by atoms with van der Waals surface area (Å²) >= 11 is 7.91. The second-order valence-electron chi connectivity index (χ2n) is 5.74. The Morgan fingerprint density at radius 3 is 2.60 bits per heavy atom. The van der Waals surface area contributed by atoms with Gasteiger partial charge in [0, 0.05) is 23.0 Å². The number of nitrogens with zero attached hydrogens (tertiary/aromatic N) is 1. The second kappa shape index (κ2) is 7.22. The van der Waals surface area contributed by atoms with Gasteiger partial charge in [-0.2, -0.15) is 13.2 Å². The Hall–Kier alpha value is -1.79. The van der Waals surface area contributed by atoms with E-state index < -0.39 is 12.1 Å². The molecule has 25 heavy (non-hydrogen) atoms. The molecule has 1 aromatic carbocycles. The Morgan fingerprint density at radius 2 is 1.92 bits per heavy atom. The van der Waals surface area contributed by atoms with Crippen molar-refractivity contribution in [2.45, 2.75) is 19.0 Å². The average molecular weight is 386 g/mol. The van der Waals surface area contributed by atoms with Crippen molar-refractivity contribution in [3.05, 3.63) is 56.2 Å². The molecule has 0 saturated heterocycles. The third-order valence-corrected chi connectivity index (χ3v) is 5.34. The van der Waals surface area contributed by atoms with Crippen molar-refractivity contribution < 1.29 is 18.0 Å². The molecule has 1 aromatic heterocycles. The van der Waals surface area contributed by atoms with Crippen LogP contribution in [0.3, 0.4) is 0 Å². The van der Waals surface area contributed by atoms with Crippen LogP contribution in [0.15, 0.2) is 29.6 Å². The van der Waals surface area contributed by atoms with Crippen LogP contribution in [0.1, 0.15) is 21.6 Å². The molecule has 3 rings (SSSR count). The maximum absolute atomic E-state index is 12.7. The molecular weight excluding hydrogens is 371 g/mol. The molecule has 0 spiro atoms. The molecule has 0 radical (unpaired) electrons. The number of carbonyl (C=O) groups is 1. The fourth-order valence-corrected chi connectivity index (χ4v) is 3.80. The van der Waals surface area contributed by atoms with Crippen molar-refractivity contribution in [2.24, 2.45) is 0 Å². The van der Waals surface area contributed by atoms with E-state index in [1.54, 1.807) is 17.4 Å². The van der Waals surface area contributed by atoms with Crippen molar-refractivity contribution in [3.8, 4) is 0 Å². The standard InChI is InChI=1S/C18H15ClF3NOS/c19-16-6-3-12-7-9-23(17(24)18(20,21)22)10-8-14(12)15(16)5-4-13-2-1-11-25-13/h1-6,11H,7-10H2/b5-4+. The Kier molecular flexibility index (Phi) is 5.20. The first-order chi connectivity index (χ1) is 11.9. The molecule has 0 bridgehead atoms. The highest BCUT2D eigenvalue weighted by molar-refractivity contribution is 7.10. The maximum Gasteiger partial charge on any atom is 0.471 e. The van der Waals surface area contributed by atoms with Crippen LogP contribution >= 0.6 is 22.9 Å². The Bertz CT molecular complexity index is 799. The Labute approximate surface area is 152 Å². The monoisotopic (exact) mass is 385 g/mol. The summed E-state index contributed by atoms with van der Waals surface area (Å²) in [5.41, 5.74) is 2.67. The minimum atomic E-state index is -4.84. The molecule has 0 atom stereocenters. The molecule has 0 unspecified atom stereocenters. The number of fused-ring (bicyclic) bond motifs is 1. The van der Waals surface area contributed by atoms with Crippen molar-refractivity contribution in [3.63, 3.8) is 0 Å². The minimum Gasteiger partial charge on any atom is -0.334 e. The lowest BCUT2D eigenvalue weighted by Crippen LogP contribution is -2.42. The van der Waals surface area contributed by atoms with Crippen LogP contribution in [0.5, 0.6) is 0 Å². The third kappa shape index (κ3) is 4.07. The maximum atomic E-state index is 12.7. The molecule has 132 valence electrons. The number of amides is 1. The van der Waals surface area contributed by atoms with Gasteiger partial charge in [0.05, 0.1) is 0 Å². The zero-order valence-electron chi connectivity index (χ0n) is 13.1. The fraction of sp³-hybridized carbons (Fsp3) is 0.278. The van der Waals surface area contributed by atoms with Crippen molar-refractivity contribution in [1.29, 1.82) is 0 Å². The zero-order valence-corrected chi connectivity index (χ0v) is 14.7. The van der Waals surface area contributed by atoms with Crippen LogP contribution in [-0.2, 0) is 17.6 Å². The van der Waals surface area contributed by atoms with E-state index >= 15 is 0 Å². The number of alkyl halides is 3. The van der Waals surface area contributed by atoms with E-state index in [2.05, 4.69) is 0 Å². The van der Waals surface area contributed by atoms with Gasteiger partial charge in [-0.25, -0.2) is 0 Å². The summed E-state index contributed by atoms with van der Waals surface area (Å²) in [6.07, 6.45) is -0.268. The lowest BCUT2D eigenvalue weighted by molar-refractivity contribution is -0.185. The number of thiophene rings is 1. The highest BCUT2D eigenvalue weighted by Crippen LogP contribution is 2.30. The van der Waals surface area contributed by atoms with E-state index in [1.165, 1.54) is 0 Å². The molecule has 0 fully saturated rings. The number of halogens is 4. The summed E-state index contributed by atoms with van der Waals surface area (Å²) in [6.45, 7) is 0.0899. The molecule has 7 heteroatoms. The SMILES string of the molecule is O=C(N1CCc2ccc(Cl)c(/C=C/c3cccs3)c2CC1)C(F)(F)F. The Morgan fingerprint density at radius 1 is 1.16 bits per heavy atom. The highest BCUT2D eigenvalue weighted by Gasteiger charge is 2.42. The van der Waals surface area contributed by atoms with Gasteiger partial charge in [-0.05, 0) is 53.1 Å². The predicted molar refractivity (Wildman–Crippen MR) is 94.7 cm³/mol. The van der Waals surface area contributed by atoms with Crippen LogP contribution < -0.4 is 0 Å². The molecule has 2 heterocycles. The van der Waals surface area contributed by atoms with Crippen molar-refractivity contribution in [1.82, 2.24) is 4.90 Å². The zero-order chi connectivity index (χ0) is 18.0. The molecule has 2 aromatic rings. The van der Waals surface area contributed by atoms with Gasteiger partial charge in [0.2, 0.25) is 0 Å². The van der Waals surface area contributed by atoms with Gasteiger partial charge in [0.15, 0.2) is 0 Å². The molecule has 1 amide bonds. The topological polar surface area (TPSA) is 20.3 Å². The van der Waals surface area contributed by atoms with Gasteiger partial charge in [0.1, 0.15) is 0 Å². The quantitative estimate of drug-likeness (QED) is 0.707. The lowest BCUT2D eigenvalue weighted by atomic mass is 9.96. The van der Waals surface area contributed by atoms with E-state index in [0.29, 0.717) is 17.9 Å². The first-order valence-electron chi connectivity index (χ1n) is 7.74. The van der Waals surface area contributed by atoms with E-state index in [4.69, 9.17) is 11.6 Å². The van der Waals surface area contributed by atoms with Gasteiger partial charge in [0.25, 0.3) is 0 Å². The molecule has 0 N–H and O–H groups in total. The van der Waals surface area contributed by atoms with E-state index in [0.717, 1.165) is 26.5 Å². The fourth-order valence-electron chi connectivity index (χ4n) is 2.94. The Balaban J connectivity index is 1.88. The van der Waals surface area contributed by atoms with Gasteiger partial charge < -0.3 is 4.90 Å². The van der Waals surface area contributed by atoms with Gasteiger partial charge in [-0.1, -0.05) is 29.8 Å². The van der Waals surface area contributed by atoms with Crippen LogP contribution in [-0.4, -0.2) is 30.1 Å². The predicted octanol–water partition coefficient (Wildman–Crippen LogP) is 5.06. The van der Waals surface area contributed by atoms with Crippen LogP contribution in [0, 0.1) is 0 Å². The lowest BCUT2D eigenvalue weighted by Gasteiger charge is -2.21. The average Bonchev–Trinajstić information content (AvgIpc) is 2.98. The largest absolute Gasteiger partial charge is 0.471 e. The van der Waals surface area contributed by atoms with E-state index in [-0.39, 0.29) is 13.1 Å². The number of rotatable bonds is 2. The molecule has 0 aliphatic carbocycles. The summed E-state index contributed by atoms with van der Waals surface area (Å²) in [6, 6.07) is 7.51. The smallest absolute Gasteiger partial charge is 0.334 e. The first kappa shape index (κ1) is 18.0. The normalized spacial score (nSPS) is 15.3. The van der Waals surface area contributed by atoms with E-state index in [1.807, 2.05) is 35.7 Å². The first-order valence-corrected chi connectivity index (χ1v) is 9.00. The van der Waals surface area contributed by atoms with E-state index in [9.17, 15) is 18.0 Å². The van der Waals surface area contributed by atoms with Crippen LogP contribution in [0.2, 0.25) is 5.02 Å². The van der Waals surface area contributed by atoms with Crippen molar-refractivity contribution in [2.75, 3.05) is 13.1 Å². The minimum absolute atomic E-state index is 0.0333. The number of benzene rings is 1. The molecule has 0 saturated carbocycles. The van der Waals surface area contributed by atoms with Crippen molar-refractivity contribution >= 4 is 41.0 Å².